The van der Waals surface area contributed by atoms with Gasteiger partial charge < -0.3 is 14.8 Å². The van der Waals surface area contributed by atoms with Gasteiger partial charge in [-0.2, -0.15) is 79.0 Å². The molecule has 376 valence electrons. The number of allylic oxidation sites excluding steroid dienone is 1. The Hall–Kier alpha value is -1.96. The Labute approximate surface area is 345 Å². The molecule has 0 saturated heterocycles. The fraction of sp³-hybridized carbons (Fsp3) is 0.935. The van der Waals surface area contributed by atoms with Crippen molar-refractivity contribution in [3.05, 3.63) is 17.9 Å². The van der Waals surface area contributed by atoms with Crippen molar-refractivity contribution in [3.63, 3.8) is 0 Å². The summed E-state index contributed by atoms with van der Waals surface area (Å²) < 4.78 is 305. The van der Waals surface area contributed by atoms with Crippen LogP contribution in [-0.4, -0.2) is 141 Å². The molecule has 2 unspecified atom stereocenters. The zero-order valence-electron chi connectivity index (χ0n) is 33.7. The molecule has 0 spiro atoms. The largest absolute Gasteiger partial charge is 0.633 e. The number of rotatable bonds is 22. The van der Waals surface area contributed by atoms with Gasteiger partial charge in [0.05, 0.1) is 44.0 Å². The molecule has 0 heterocycles. The number of hydroxylamine groups is 3. The number of hydrogen-bond acceptors (Lipinski definition) is 6. The van der Waals surface area contributed by atoms with Crippen molar-refractivity contribution in [1.82, 2.24) is 14.3 Å². The second-order valence-electron chi connectivity index (χ2n) is 14.4. The predicted molar refractivity (Wildman–Crippen MR) is 186 cm³/mol. The average molecular weight is 1000 g/mol. The number of alkyl halides is 20. The van der Waals surface area contributed by atoms with Gasteiger partial charge in [0, 0.05) is 32.4 Å². The molecule has 0 radical (unpaired) electrons. The highest BCUT2D eigenvalue weighted by molar-refractivity contribution is 7.89. The van der Waals surface area contributed by atoms with E-state index in [0.717, 1.165) is 0 Å². The van der Waals surface area contributed by atoms with Crippen molar-refractivity contribution in [2.75, 3.05) is 65.9 Å². The highest BCUT2D eigenvalue weighted by Gasteiger charge is 2.75. The van der Waals surface area contributed by atoms with E-state index in [-0.39, 0.29) is 26.1 Å². The van der Waals surface area contributed by atoms with Gasteiger partial charge in [-0.05, 0) is 59.7 Å². The van der Waals surface area contributed by atoms with Crippen LogP contribution in [0.2, 0.25) is 0 Å². The standard InChI is InChI=1S/C14H22F10N2O3S.C14H22F10N2O2S.C3H6/c1-26(2,27)7-4-6-25-30(28,29)8-3-5-10(12(16,17)18)9-11(15,13(19,20)21)14(22,23)24;1-26(2)7-4-6-25-29(27,28)8-3-5-10(12(16,17)18)9-11(15,13(19,20)21)14(22,23)24;1-3-2/h10,25H,3-9H2,1-2H3;10,25H,3-9H2,1-2H3;3H,1H2,2H3. The SMILES string of the molecule is C=CC.CN(C)CCCNS(=O)(=O)CCCC(CC(F)(C(F)(F)F)C(F)(F)F)C(F)(F)F.C[N+](C)([O-])CCCNS(=O)(=O)CCCC(CC(F)(C(F)(F)F)C(F)(F)F)C(F)(F)F. The summed E-state index contributed by atoms with van der Waals surface area (Å²) in [7, 11) is -2.33. The third-order valence-electron chi connectivity index (χ3n) is 8.01. The number of nitrogens with zero attached hydrogens (tertiary/aromatic N) is 2. The Morgan fingerprint density at radius 3 is 1.08 bits per heavy atom. The predicted octanol–water partition coefficient (Wildman–Crippen LogP) is 9.28. The molecule has 9 nitrogen and oxygen atoms in total. The van der Waals surface area contributed by atoms with Gasteiger partial charge in [0.25, 0.3) is 11.3 Å². The van der Waals surface area contributed by atoms with Crippen LogP contribution in [0.15, 0.2) is 12.7 Å². The molecular weight excluding hydrogens is 952 g/mol. The lowest BCUT2D eigenvalue weighted by Gasteiger charge is -2.33. The number of nitrogens with one attached hydrogen (secondary N) is 2. The van der Waals surface area contributed by atoms with E-state index in [2.05, 4.69) is 11.3 Å². The van der Waals surface area contributed by atoms with Gasteiger partial charge in [-0.15, -0.1) is 6.58 Å². The smallest absolute Gasteiger partial charge is 0.431 e. The van der Waals surface area contributed by atoms with E-state index in [1.807, 2.05) is 11.6 Å². The molecule has 0 aromatic carbocycles. The first-order valence-electron chi connectivity index (χ1n) is 17.6. The van der Waals surface area contributed by atoms with Crippen LogP contribution in [0.1, 0.15) is 58.3 Å². The summed E-state index contributed by atoms with van der Waals surface area (Å²) in [4.78, 5) is 1.73. The minimum absolute atomic E-state index is 0.00609. The Kier molecular flexibility index (Phi) is 25.5. The number of quaternary nitrogens is 1. The summed E-state index contributed by atoms with van der Waals surface area (Å²) in [6.07, 6.45) is -46.2. The first-order chi connectivity index (χ1) is 27.2. The maximum Gasteiger partial charge on any atom is 0.431 e. The molecular formula is C31H50F20N4O5S2. The number of hydrogen-bond donors (Lipinski definition) is 2. The third-order valence-corrected chi connectivity index (χ3v) is 10.9. The summed E-state index contributed by atoms with van der Waals surface area (Å²) in [6.45, 7) is 5.45. The van der Waals surface area contributed by atoms with Gasteiger partial charge in [-0.25, -0.2) is 35.1 Å². The molecule has 31 heteroatoms. The maximum atomic E-state index is 13.6. The van der Waals surface area contributed by atoms with E-state index < -0.39 is 135 Å². The molecule has 2 atom stereocenters. The van der Waals surface area contributed by atoms with Crippen molar-refractivity contribution in [1.29, 1.82) is 0 Å². The Bertz CT molecular complexity index is 1480. The Morgan fingerprint density at radius 1 is 0.581 bits per heavy atom. The van der Waals surface area contributed by atoms with Crippen molar-refractivity contribution in [2.24, 2.45) is 11.8 Å². The van der Waals surface area contributed by atoms with Gasteiger partial charge in [-0.1, -0.05) is 6.08 Å². The van der Waals surface area contributed by atoms with Crippen molar-refractivity contribution in [3.8, 4) is 0 Å². The molecule has 0 aliphatic rings. The molecule has 0 amide bonds. The molecule has 0 fully saturated rings. The molecule has 0 aliphatic heterocycles. The van der Waals surface area contributed by atoms with Crippen LogP contribution in [0, 0.1) is 17.0 Å². The van der Waals surface area contributed by atoms with E-state index in [9.17, 15) is 110 Å². The minimum atomic E-state index is -6.64. The number of halogens is 20. The van der Waals surface area contributed by atoms with E-state index in [1.165, 1.54) is 14.1 Å². The average Bonchev–Trinajstić information content (AvgIpc) is 3.01. The Morgan fingerprint density at radius 2 is 0.855 bits per heavy atom. The highest BCUT2D eigenvalue weighted by atomic mass is 32.2. The van der Waals surface area contributed by atoms with Crippen LogP contribution in [0.3, 0.4) is 0 Å². The molecule has 0 aromatic heterocycles. The fourth-order valence-corrected chi connectivity index (χ4v) is 7.01. The lowest BCUT2D eigenvalue weighted by atomic mass is 9.87. The third kappa shape index (κ3) is 24.9. The highest BCUT2D eigenvalue weighted by Crippen LogP contribution is 2.53. The number of sulfonamides is 2. The topological polar surface area (TPSA) is 119 Å². The quantitative estimate of drug-likeness (QED) is 0.0367. The Balaban J connectivity index is -0.00000106. The molecule has 62 heavy (non-hydrogen) atoms. The van der Waals surface area contributed by atoms with E-state index in [0.29, 0.717) is 13.0 Å². The molecule has 0 saturated carbocycles. The van der Waals surface area contributed by atoms with Crippen LogP contribution in [-0.2, 0) is 20.0 Å². The molecule has 0 aromatic rings. The van der Waals surface area contributed by atoms with E-state index >= 15 is 0 Å². The first-order valence-corrected chi connectivity index (χ1v) is 21.0. The minimum Gasteiger partial charge on any atom is -0.633 e. The van der Waals surface area contributed by atoms with Crippen LogP contribution in [0.4, 0.5) is 87.8 Å². The second kappa shape index (κ2) is 24.5. The summed E-state index contributed by atoms with van der Waals surface area (Å²) in [5.41, 5.74) is -12.2. The first kappa shape index (κ1) is 64.3. The molecule has 0 bridgehead atoms. The fourth-order valence-electron chi connectivity index (χ4n) is 4.72. The second-order valence-corrected chi connectivity index (χ2v) is 18.3. The van der Waals surface area contributed by atoms with Crippen molar-refractivity contribution < 1.29 is 109 Å². The zero-order valence-corrected chi connectivity index (χ0v) is 35.3. The van der Waals surface area contributed by atoms with Crippen molar-refractivity contribution in [2.45, 2.75) is 107 Å². The lowest BCUT2D eigenvalue weighted by molar-refractivity contribution is -0.840. The summed E-state index contributed by atoms with van der Waals surface area (Å²) >= 11 is 0. The van der Waals surface area contributed by atoms with Crippen LogP contribution >= 0.6 is 0 Å². The molecule has 0 rings (SSSR count). The molecule has 2 N–H and O–H groups in total. The summed E-state index contributed by atoms with van der Waals surface area (Å²) in [5, 5.41) is 11.3. The van der Waals surface area contributed by atoms with Crippen molar-refractivity contribution >= 4 is 20.0 Å². The summed E-state index contributed by atoms with van der Waals surface area (Å²) in [6, 6.07) is 0. The van der Waals surface area contributed by atoms with Gasteiger partial charge in [0.2, 0.25) is 20.0 Å². The maximum absolute atomic E-state index is 13.6. The summed E-state index contributed by atoms with van der Waals surface area (Å²) in [5.74, 6) is -8.70. The van der Waals surface area contributed by atoms with Gasteiger partial charge in [0.1, 0.15) is 0 Å². The van der Waals surface area contributed by atoms with Gasteiger partial charge in [0.15, 0.2) is 0 Å². The monoisotopic (exact) mass is 1000 g/mol. The van der Waals surface area contributed by atoms with Gasteiger partial charge >= 0.3 is 37.1 Å². The molecule has 0 aliphatic carbocycles. The van der Waals surface area contributed by atoms with E-state index in [4.69, 9.17) is 0 Å². The zero-order chi connectivity index (χ0) is 50.3. The van der Waals surface area contributed by atoms with Crippen LogP contribution in [0.5, 0.6) is 0 Å². The van der Waals surface area contributed by atoms with Crippen LogP contribution in [0.25, 0.3) is 0 Å². The normalized spacial score (nSPS) is 15.3. The van der Waals surface area contributed by atoms with Gasteiger partial charge in [-0.3, -0.25) is 0 Å². The van der Waals surface area contributed by atoms with Crippen LogP contribution < -0.4 is 9.44 Å². The van der Waals surface area contributed by atoms with E-state index in [1.54, 1.807) is 25.1 Å². The lowest BCUT2D eigenvalue weighted by Crippen LogP contribution is -2.55.